The molecule has 1 aliphatic rings. The van der Waals surface area contributed by atoms with Crippen LogP contribution in [0.25, 0.3) is 56.1 Å². The van der Waals surface area contributed by atoms with Gasteiger partial charge in [-0.25, -0.2) is 14.4 Å². The van der Waals surface area contributed by atoms with Crippen LogP contribution in [0.1, 0.15) is 12.8 Å². The van der Waals surface area contributed by atoms with Crippen molar-refractivity contribution in [2.24, 2.45) is 0 Å². The fraction of sp³-hybridized carbons (Fsp3) is 0.250. The Morgan fingerprint density at radius 2 is 1.76 bits per heavy atom. The lowest BCUT2D eigenvalue weighted by atomic mass is 10.1. The number of nitrogens with one attached hydrogen (secondary N) is 2. The summed E-state index contributed by atoms with van der Waals surface area (Å²) >= 11 is 0. The predicted octanol–water partition coefficient (Wildman–Crippen LogP) is 5.91. The molecule has 6 aromatic rings. The molecule has 0 saturated carbocycles. The summed E-state index contributed by atoms with van der Waals surface area (Å²) in [5.74, 6) is 0.648. The van der Waals surface area contributed by atoms with Gasteiger partial charge in [0, 0.05) is 49.7 Å². The van der Waals surface area contributed by atoms with Gasteiger partial charge in [0.2, 0.25) is 0 Å². The second-order valence-corrected chi connectivity index (χ2v) is 10.8. The van der Waals surface area contributed by atoms with Crippen LogP contribution < -0.4 is 9.64 Å². The number of imidazole rings is 1. The van der Waals surface area contributed by atoms with Crippen LogP contribution >= 0.6 is 0 Å². The van der Waals surface area contributed by atoms with Crippen LogP contribution in [0.15, 0.2) is 66.9 Å². The Balaban J connectivity index is 1.22. The molecule has 9 nitrogen and oxygen atoms in total. The highest BCUT2D eigenvalue weighted by molar-refractivity contribution is 5.95. The smallest absolute Gasteiger partial charge is 0.161 e. The van der Waals surface area contributed by atoms with Gasteiger partial charge < -0.3 is 14.6 Å². The molecule has 1 fully saturated rings. The monoisotopic (exact) mass is 562 g/mol. The van der Waals surface area contributed by atoms with Crippen LogP contribution in [0.2, 0.25) is 0 Å². The lowest BCUT2D eigenvalue weighted by molar-refractivity contribution is 0.237. The van der Waals surface area contributed by atoms with Gasteiger partial charge in [-0.15, -0.1) is 0 Å². The van der Waals surface area contributed by atoms with Crippen LogP contribution in [-0.2, 0) is 0 Å². The summed E-state index contributed by atoms with van der Waals surface area (Å²) < 4.78 is 20.7. The first-order chi connectivity index (χ1) is 20.5. The SMILES string of the molecule is CN(C)c1cccc(-c2ccc3[nH]nc(-c4nc5c(-c6cc(F)cc(OCCN7CCCC7)c6)nccc5[nH]4)c3n2)c1. The summed E-state index contributed by atoms with van der Waals surface area (Å²) in [7, 11) is 4.03. The number of likely N-dealkylation sites (tertiary alicyclic amines) is 1. The van der Waals surface area contributed by atoms with E-state index in [0.717, 1.165) is 47.6 Å². The molecule has 0 radical (unpaired) electrons. The number of halogens is 1. The number of anilines is 1. The molecule has 0 aliphatic carbocycles. The lowest BCUT2D eigenvalue weighted by Gasteiger charge is -2.15. The highest BCUT2D eigenvalue weighted by Gasteiger charge is 2.19. The van der Waals surface area contributed by atoms with Crippen molar-refractivity contribution in [1.82, 2.24) is 35.0 Å². The topological polar surface area (TPSA) is 98.9 Å². The Kier molecular flexibility index (Phi) is 6.75. The molecule has 10 heteroatoms. The molecule has 42 heavy (non-hydrogen) atoms. The number of fused-ring (bicyclic) bond motifs is 2. The number of aromatic amines is 2. The van der Waals surface area contributed by atoms with E-state index in [0.29, 0.717) is 46.2 Å². The maximum Gasteiger partial charge on any atom is 0.161 e. The molecule has 2 aromatic carbocycles. The molecule has 0 amide bonds. The zero-order valence-corrected chi connectivity index (χ0v) is 23.6. The highest BCUT2D eigenvalue weighted by Crippen LogP contribution is 2.33. The van der Waals surface area contributed by atoms with Gasteiger partial charge in [0.25, 0.3) is 0 Å². The molecule has 4 aromatic heterocycles. The third kappa shape index (κ3) is 5.05. The van der Waals surface area contributed by atoms with Crippen molar-refractivity contribution in [2.75, 3.05) is 45.2 Å². The van der Waals surface area contributed by atoms with Gasteiger partial charge in [0.15, 0.2) is 11.5 Å². The van der Waals surface area contributed by atoms with Crippen molar-refractivity contribution in [1.29, 1.82) is 0 Å². The van der Waals surface area contributed by atoms with Crippen LogP contribution in [0.5, 0.6) is 5.75 Å². The standard InChI is InChI=1S/C32H31FN8O/c1-40(2)23-7-5-6-20(17-23)25-8-9-27-30(35-25)31(39-38-27)32-36-26-10-11-34-28(29(26)37-32)21-16-22(33)19-24(18-21)42-15-14-41-12-3-4-13-41/h5-11,16-19H,3-4,12-15H2,1-2H3,(H,36,37)(H,38,39). The first kappa shape index (κ1) is 26.1. The summed E-state index contributed by atoms with van der Waals surface area (Å²) in [5, 5.41) is 7.62. The maximum absolute atomic E-state index is 14.7. The molecular weight excluding hydrogens is 531 g/mol. The molecule has 0 spiro atoms. The number of pyridine rings is 2. The quantitative estimate of drug-likeness (QED) is 0.238. The van der Waals surface area contributed by atoms with E-state index in [4.69, 9.17) is 14.7 Å². The molecule has 212 valence electrons. The van der Waals surface area contributed by atoms with Gasteiger partial charge in [0.05, 0.1) is 22.4 Å². The number of benzene rings is 2. The first-order valence-corrected chi connectivity index (χ1v) is 14.2. The van der Waals surface area contributed by atoms with Crippen molar-refractivity contribution in [3.05, 3.63) is 72.7 Å². The second-order valence-electron chi connectivity index (χ2n) is 10.8. The van der Waals surface area contributed by atoms with E-state index in [1.165, 1.54) is 25.0 Å². The Hall–Kier alpha value is -4.83. The summed E-state index contributed by atoms with van der Waals surface area (Å²) in [6.07, 6.45) is 4.14. The third-order valence-electron chi connectivity index (χ3n) is 7.71. The van der Waals surface area contributed by atoms with Crippen molar-refractivity contribution in [3.63, 3.8) is 0 Å². The molecule has 5 heterocycles. The molecule has 7 rings (SSSR count). The molecule has 2 N–H and O–H groups in total. The van der Waals surface area contributed by atoms with E-state index in [1.807, 2.05) is 50.5 Å². The fourth-order valence-corrected chi connectivity index (χ4v) is 5.51. The Labute approximate surface area is 242 Å². The normalized spacial score (nSPS) is 13.8. The van der Waals surface area contributed by atoms with Crippen molar-refractivity contribution in [3.8, 4) is 39.8 Å². The van der Waals surface area contributed by atoms with Gasteiger partial charge in [-0.1, -0.05) is 12.1 Å². The van der Waals surface area contributed by atoms with Crippen LogP contribution in [0.4, 0.5) is 10.1 Å². The lowest BCUT2D eigenvalue weighted by Crippen LogP contribution is -2.25. The molecule has 0 atom stereocenters. The number of aromatic nitrogens is 6. The minimum absolute atomic E-state index is 0.383. The Morgan fingerprint density at radius 3 is 2.62 bits per heavy atom. The molecular formula is C32H31FN8O. The molecule has 0 unspecified atom stereocenters. The van der Waals surface area contributed by atoms with E-state index in [-0.39, 0.29) is 5.82 Å². The number of nitrogens with zero attached hydrogens (tertiary/aromatic N) is 6. The van der Waals surface area contributed by atoms with Crippen LogP contribution in [0, 0.1) is 5.82 Å². The Bertz CT molecular complexity index is 1890. The fourth-order valence-electron chi connectivity index (χ4n) is 5.51. The predicted molar refractivity (Wildman–Crippen MR) is 163 cm³/mol. The van der Waals surface area contributed by atoms with Crippen molar-refractivity contribution >= 4 is 27.8 Å². The number of ether oxygens (including phenoxy) is 1. The summed E-state index contributed by atoms with van der Waals surface area (Å²) in [4.78, 5) is 22.2. The zero-order chi connectivity index (χ0) is 28.6. The number of hydrogen-bond donors (Lipinski definition) is 2. The zero-order valence-electron chi connectivity index (χ0n) is 23.6. The van der Waals surface area contributed by atoms with Gasteiger partial charge in [-0.05, 0) is 68.4 Å². The Morgan fingerprint density at radius 1 is 0.905 bits per heavy atom. The van der Waals surface area contributed by atoms with Gasteiger partial charge in [-0.3, -0.25) is 15.0 Å². The summed E-state index contributed by atoms with van der Waals surface area (Å²) in [5.41, 5.74) is 7.59. The first-order valence-electron chi connectivity index (χ1n) is 14.2. The van der Waals surface area contributed by atoms with Crippen molar-refractivity contribution in [2.45, 2.75) is 12.8 Å². The van der Waals surface area contributed by atoms with E-state index < -0.39 is 0 Å². The molecule has 1 aliphatic heterocycles. The van der Waals surface area contributed by atoms with E-state index >= 15 is 0 Å². The van der Waals surface area contributed by atoms with E-state index in [2.05, 4.69) is 42.1 Å². The summed E-state index contributed by atoms with van der Waals surface area (Å²) in [6, 6.07) is 18.7. The average Bonchev–Trinajstić information content (AvgIpc) is 3.76. The average molecular weight is 563 g/mol. The minimum atomic E-state index is -0.383. The number of rotatable bonds is 8. The van der Waals surface area contributed by atoms with Crippen molar-refractivity contribution < 1.29 is 9.13 Å². The second kappa shape index (κ2) is 10.9. The molecule has 0 bridgehead atoms. The maximum atomic E-state index is 14.7. The van der Waals surface area contributed by atoms with Gasteiger partial charge in [0.1, 0.15) is 29.2 Å². The van der Waals surface area contributed by atoms with E-state index in [9.17, 15) is 4.39 Å². The number of hydrogen-bond acceptors (Lipinski definition) is 7. The highest BCUT2D eigenvalue weighted by atomic mass is 19.1. The van der Waals surface area contributed by atoms with E-state index in [1.54, 1.807) is 6.20 Å². The van der Waals surface area contributed by atoms with Gasteiger partial charge in [-0.2, -0.15) is 5.10 Å². The van der Waals surface area contributed by atoms with Gasteiger partial charge >= 0.3 is 0 Å². The van der Waals surface area contributed by atoms with Crippen LogP contribution in [-0.4, -0.2) is 75.4 Å². The molecule has 1 saturated heterocycles. The summed E-state index contributed by atoms with van der Waals surface area (Å²) in [6.45, 7) is 3.53. The largest absolute Gasteiger partial charge is 0.492 e. The number of H-pyrrole nitrogens is 2. The minimum Gasteiger partial charge on any atom is -0.492 e. The third-order valence-corrected chi connectivity index (χ3v) is 7.71. The van der Waals surface area contributed by atoms with Crippen LogP contribution in [0.3, 0.4) is 0 Å².